The summed E-state index contributed by atoms with van der Waals surface area (Å²) in [5.74, 6) is -3.83. The van der Waals surface area contributed by atoms with Crippen molar-refractivity contribution in [2.75, 3.05) is 18.5 Å². The van der Waals surface area contributed by atoms with Gasteiger partial charge in [-0.15, -0.1) is 0 Å². The number of hydrogen-bond donors (Lipinski definition) is 3. The minimum atomic E-state index is -1.29. The van der Waals surface area contributed by atoms with E-state index in [9.17, 15) is 18.0 Å². The number of amides is 1. The molecule has 2 aromatic carbocycles. The number of benzene rings is 2. The Balaban J connectivity index is 2.43. The van der Waals surface area contributed by atoms with Crippen molar-refractivity contribution in [3.63, 3.8) is 0 Å². The van der Waals surface area contributed by atoms with E-state index < -0.39 is 29.0 Å². The van der Waals surface area contributed by atoms with E-state index in [1.807, 2.05) is 0 Å². The number of aliphatic hydroxyl groups excluding tert-OH is 1. The molecule has 3 N–H and O–H groups in total. The van der Waals surface area contributed by atoms with Gasteiger partial charge in [-0.3, -0.25) is 4.79 Å². The van der Waals surface area contributed by atoms with Gasteiger partial charge in [-0.05, 0) is 36.8 Å². The molecule has 4 nitrogen and oxygen atoms in total. The molecule has 0 aliphatic rings. The fraction of sp³-hybridized carbons (Fsp3) is 0.188. The van der Waals surface area contributed by atoms with Gasteiger partial charge in [-0.25, -0.2) is 13.2 Å². The van der Waals surface area contributed by atoms with E-state index in [1.165, 1.54) is 12.1 Å². The molecule has 2 rings (SSSR count). The molecule has 23 heavy (non-hydrogen) atoms. The second kappa shape index (κ2) is 7.15. The second-order valence-electron chi connectivity index (χ2n) is 4.87. The maximum absolute atomic E-state index is 14.1. The Morgan fingerprint density at radius 2 is 1.87 bits per heavy atom. The van der Waals surface area contributed by atoms with Gasteiger partial charge >= 0.3 is 0 Å². The normalized spacial score (nSPS) is 10.5. The van der Waals surface area contributed by atoms with Gasteiger partial charge in [0, 0.05) is 6.54 Å². The summed E-state index contributed by atoms with van der Waals surface area (Å²) in [6, 6.07) is 6.07. The van der Waals surface area contributed by atoms with Crippen LogP contribution < -0.4 is 10.6 Å². The van der Waals surface area contributed by atoms with Gasteiger partial charge in [-0.2, -0.15) is 0 Å². The van der Waals surface area contributed by atoms with Crippen LogP contribution in [0.1, 0.15) is 15.9 Å². The SMILES string of the molecule is Cc1ccc(Nc2c(C(=O)NCCO)ccc(F)c2F)c(F)c1. The number of nitrogens with one attached hydrogen (secondary N) is 2. The first-order valence-corrected chi connectivity index (χ1v) is 6.84. The van der Waals surface area contributed by atoms with Crippen LogP contribution in [0, 0.1) is 24.4 Å². The Morgan fingerprint density at radius 3 is 2.52 bits per heavy atom. The van der Waals surface area contributed by atoms with E-state index in [2.05, 4.69) is 10.6 Å². The zero-order valence-corrected chi connectivity index (χ0v) is 12.3. The molecule has 7 heteroatoms. The van der Waals surface area contributed by atoms with Gasteiger partial charge in [0.1, 0.15) is 5.82 Å². The summed E-state index contributed by atoms with van der Waals surface area (Å²) < 4.78 is 41.4. The topological polar surface area (TPSA) is 61.4 Å². The van der Waals surface area contributed by atoms with E-state index in [0.717, 1.165) is 12.1 Å². The fourth-order valence-corrected chi connectivity index (χ4v) is 1.98. The van der Waals surface area contributed by atoms with E-state index in [-0.39, 0.29) is 24.4 Å². The lowest BCUT2D eigenvalue weighted by Crippen LogP contribution is -2.27. The van der Waals surface area contributed by atoms with E-state index in [0.29, 0.717) is 5.56 Å². The third-order valence-electron chi connectivity index (χ3n) is 3.12. The first kappa shape index (κ1) is 16.8. The van der Waals surface area contributed by atoms with E-state index in [4.69, 9.17) is 5.11 Å². The highest BCUT2D eigenvalue weighted by Gasteiger charge is 2.19. The highest BCUT2D eigenvalue weighted by Crippen LogP contribution is 2.28. The predicted octanol–water partition coefficient (Wildman–Crippen LogP) is 2.88. The second-order valence-corrected chi connectivity index (χ2v) is 4.87. The number of aliphatic hydroxyl groups is 1. The summed E-state index contributed by atoms with van der Waals surface area (Å²) in [6.07, 6.45) is 0. The Hall–Kier alpha value is -2.54. The van der Waals surface area contributed by atoms with E-state index in [1.54, 1.807) is 13.0 Å². The van der Waals surface area contributed by atoms with Crippen LogP contribution in [0.5, 0.6) is 0 Å². The van der Waals surface area contributed by atoms with Crippen molar-refractivity contribution in [3.05, 3.63) is 58.9 Å². The largest absolute Gasteiger partial charge is 0.395 e. The molecule has 0 atom stereocenters. The molecule has 2 aromatic rings. The van der Waals surface area contributed by atoms with Crippen LogP contribution in [0.25, 0.3) is 0 Å². The van der Waals surface area contributed by atoms with Crippen LogP contribution in [0.15, 0.2) is 30.3 Å². The van der Waals surface area contributed by atoms with E-state index >= 15 is 0 Å². The maximum Gasteiger partial charge on any atom is 0.253 e. The van der Waals surface area contributed by atoms with Gasteiger partial charge in [0.05, 0.1) is 23.5 Å². The number of hydrogen-bond acceptors (Lipinski definition) is 3. The molecule has 0 bridgehead atoms. The molecule has 0 spiro atoms. The Bertz CT molecular complexity index is 736. The Labute approximate surface area is 131 Å². The molecular formula is C16H15F3N2O2. The molecule has 0 fully saturated rings. The van der Waals surface area contributed by atoms with Crippen LogP contribution in [0.3, 0.4) is 0 Å². The van der Waals surface area contributed by atoms with Crippen LogP contribution >= 0.6 is 0 Å². The van der Waals surface area contributed by atoms with Crippen LogP contribution in [0.4, 0.5) is 24.5 Å². The van der Waals surface area contributed by atoms with Crippen molar-refractivity contribution in [3.8, 4) is 0 Å². The number of aryl methyl sites for hydroxylation is 1. The smallest absolute Gasteiger partial charge is 0.253 e. The van der Waals surface area contributed by atoms with Crippen molar-refractivity contribution in [1.29, 1.82) is 0 Å². The maximum atomic E-state index is 14.1. The van der Waals surface area contributed by atoms with Crippen LogP contribution in [-0.4, -0.2) is 24.2 Å². The highest BCUT2D eigenvalue weighted by atomic mass is 19.2. The van der Waals surface area contributed by atoms with Crippen LogP contribution in [-0.2, 0) is 0 Å². The summed E-state index contributed by atoms with van der Waals surface area (Å²) in [7, 11) is 0. The zero-order chi connectivity index (χ0) is 17.0. The van der Waals surface area contributed by atoms with Gasteiger partial charge in [0.2, 0.25) is 0 Å². The molecule has 0 heterocycles. The fourth-order valence-electron chi connectivity index (χ4n) is 1.98. The van der Waals surface area contributed by atoms with Crippen molar-refractivity contribution in [2.24, 2.45) is 0 Å². The first-order chi connectivity index (χ1) is 10.9. The summed E-state index contributed by atoms with van der Waals surface area (Å²) in [5.41, 5.74) is -0.0921. The average Bonchev–Trinajstić information content (AvgIpc) is 2.52. The molecule has 0 radical (unpaired) electrons. The van der Waals surface area contributed by atoms with Gasteiger partial charge in [-0.1, -0.05) is 6.07 Å². The van der Waals surface area contributed by atoms with Crippen molar-refractivity contribution >= 4 is 17.3 Å². The van der Waals surface area contributed by atoms with Crippen LogP contribution in [0.2, 0.25) is 0 Å². The van der Waals surface area contributed by atoms with Gasteiger partial charge < -0.3 is 15.7 Å². The lowest BCUT2D eigenvalue weighted by molar-refractivity contribution is 0.0945. The summed E-state index contributed by atoms with van der Waals surface area (Å²) in [4.78, 5) is 12.0. The highest BCUT2D eigenvalue weighted by molar-refractivity contribution is 6.00. The standard InChI is InChI=1S/C16H15F3N2O2/c1-9-2-5-13(12(18)8-9)21-15-10(16(23)20-6-7-22)3-4-11(17)14(15)19/h2-5,8,21-22H,6-7H2,1H3,(H,20,23). The zero-order valence-electron chi connectivity index (χ0n) is 12.3. The number of rotatable bonds is 5. The monoisotopic (exact) mass is 324 g/mol. The first-order valence-electron chi connectivity index (χ1n) is 6.84. The lowest BCUT2D eigenvalue weighted by atomic mass is 10.1. The van der Waals surface area contributed by atoms with Crippen molar-refractivity contribution in [1.82, 2.24) is 5.32 Å². The Kier molecular flexibility index (Phi) is 5.23. The third-order valence-corrected chi connectivity index (χ3v) is 3.12. The minimum Gasteiger partial charge on any atom is -0.395 e. The number of carbonyl (C=O) groups excluding carboxylic acids is 1. The molecular weight excluding hydrogens is 309 g/mol. The summed E-state index contributed by atoms with van der Waals surface area (Å²) in [5, 5.41) is 13.5. The van der Waals surface area contributed by atoms with Gasteiger partial charge in [0.25, 0.3) is 5.91 Å². The summed E-state index contributed by atoms with van der Waals surface area (Å²) >= 11 is 0. The lowest BCUT2D eigenvalue weighted by Gasteiger charge is -2.14. The number of anilines is 2. The molecule has 0 aliphatic heterocycles. The molecule has 0 aromatic heterocycles. The molecule has 0 saturated heterocycles. The third kappa shape index (κ3) is 3.81. The molecule has 0 aliphatic carbocycles. The molecule has 0 saturated carbocycles. The predicted molar refractivity (Wildman–Crippen MR) is 80.2 cm³/mol. The Morgan fingerprint density at radius 1 is 1.13 bits per heavy atom. The quantitative estimate of drug-likeness (QED) is 0.792. The van der Waals surface area contributed by atoms with Gasteiger partial charge in [0.15, 0.2) is 11.6 Å². The molecule has 0 unspecified atom stereocenters. The molecule has 1 amide bonds. The minimum absolute atomic E-state index is 0.0455. The van der Waals surface area contributed by atoms with Crippen molar-refractivity contribution in [2.45, 2.75) is 6.92 Å². The molecule has 122 valence electrons. The van der Waals surface area contributed by atoms with Crippen molar-refractivity contribution < 1.29 is 23.1 Å². The summed E-state index contributed by atoms with van der Waals surface area (Å²) in [6.45, 7) is 1.34. The average molecular weight is 324 g/mol. The number of carbonyl (C=O) groups is 1. The number of halogens is 3.